The number of anilines is 1. The highest BCUT2D eigenvalue weighted by molar-refractivity contribution is 9.09. The molecule has 0 amide bonds. The minimum Gasteiger partial charge on any atom is -0.481 e. The van der Waals surface area contributed by atoms with Crippen molar-refractivity contribution in [2.75, 3.05) is 23.9 Å². The van der Waals surface area contributed by atoms with Crippen LogP contribution in [0.1, 0.15) is 25.7 Å². The summed E-state index contributed by atoms with van der Waals surface area (Å²) in [6.45, 7) is 1.04. The first-order chi connectivity index (χ1) is 8.35. The molecule has 0 saturated heterocycles. The van der Waals surface area contributed by atoms with Crippen LogP contribution in [0.2, 0.25) is 0 Å². The predicted molar refractivity (Wildman–Crippen MR) is 72.0 cm³/mol. The van der Waals surface area contributed by atoms with E-state index in [1.165, 1.54) is 19.3 Å². The van der Waals surface area contributed by atoms with Gasteiger partial charge in [-0.2, -0.15) is 0 Å². The number of hydrogen-bond donors (Lipinski definition) is 0. The molecule has 0 aromatic carbocycles. The maximum Gasteiger partial charge on any atom is 0.218 e. The second-order valence-corrected chi connectivity index (χ2v) is 5.03. The summed E-state index contributed by atoms with van der Waals surface area (Å²) in [5.41, 5.74) is 0. The minimum atomic E-state index is 0.637. The number of nitrogens with zero attached hydrogens (tertiary/aromatic N) is 3. The third-order valence-electron chi connectivity index (χ3n) is 3.18. The monoisotopic (exact) mass is 299 g/mol. The van der Waals surface area contributed by atoms with Crippen molar-refractivity contribution in [1.82, 2.24) is 9.97 Å². The van der Waals surface area contributed by atoms with Gasteiger partial charge in [0.2, 0.25) is 5.88 Å². The largest absolute Gasteiger partial charge is 0.481 e. The first-order valence-electron chi connectivity index (χ1n) is 6.04. The Balaban J connectivity index is 2.11. The summed E-state index contributed by atoms with van der Waals surface area (Å²) >= 11 is 3.48. The Morgan fingerprint density at radius 1 is 1.47 bits per heavy atom. The Bertz CT molecular complexity index is 357. The Hall–Kier alpha value is -0.840. The molecule has 0 atom stereocenters. The molecule has 4 nitrogen and oxygen atoms in total. The molecular weight excluding hydrogens is 282 g/mol. The summed E-state index contributed by atoms with van der Waals surface area (Å²) in [6, 6.07) is 2.57. The van der Waals surface area contributed by atoms with Crippen LogP contribution in [-0.2, 0) is 0 Å². The first kappa shape index (κ1) is 12.6. The van der Waals surface area contributed by atoms with Crippen molar-refractivity contribution in [2.45, 2.75) is 31.7 Å². The average Bonchev–Trinajstić information content (AvgIpc) is 2.32. The van der Waals surface area contributed by atoms with Crippen molar-refractivity contribution in [3.8, 4) is 5.88 Å². The second-order valence-electron chi connectivity index (χ2n) is 4.24. The molecule has 0 aliphatic heterocycles. The van der Waals surface area contributed by atoms with Gasteiger partial charge in [-0.25, -0.2) is 9.97 Å². The fourth-order valence-electron chi connectivity index (χ4n) is 2.01. The molecule has 0 N–H and O–H groups in total. The molecule has 1 aromatic heterocycles. The Morgan fingerprint density at radius 3 is 2.88 bits per heavy atom. The summed E-state index contributed by atoms with van der Waals surface area (Å²) in [5.74, 6) is 1.63. The smallest absolute Gasteiger partial charge is 0.218 e. The molecular formula is C12H18BrN3O. The maximum absolute atomic E-state index is 5.15. The third-order valence-corrected chi connectivity index (χ3v) is 3.74. The predicted octanol–water partition coefficient (Wildman–Crippen LogP) is 2.63. The van der Waals surface area contributed by atoms with E-state index >= 15 is 0 Å². The summed E-state index contributed by atoms with van der Waals surface area (Å²) in [7, 11) is 1.64. The zero-order valence-electron chi connectivity index (χ0n) is 10.1. The molecule has 1 aliphatic rings. The van der Waals surface area contributed by atoms with Crippen molar-refractivity contribution < 1.29 is 4.74 Å². The van der Waals surface area contributed by atoms with Gasteiger partial charge in [0.05, 0.1) is 7.11 Å². The number of hydrogen-bond acceptors (Lipinski definition) is 4. The van der Waals surface area contributed by atoms with Crippen molar-refractivity contribution in [2.24, 2.45) is 0 Å². The first-order valence-corrected chi connectivity index (χ1v) is 7.16. The molecule has 94 valence electrons. The van der Waals surface area contributed by atoms with Crippen molar-refractivity contribution in [1.29, 1.82) is 0 Å². The molecule has 5 heteroatoms. The molecule has 0 unspecified atom stereocenters. The van der Waals surface area contributed by atoms with E-state index in [1.54, 1.807) is 13.4 Å². The van der Waals surface area contributed by atoms with Gasteiger partial charge in [-0.05, 0) is 25.7 Å². The van der Waals surface area contributed by atoms with Crippen molar-refractivity contribution in [3.05, 3.63) is 12.4 Å². The molecule has 1 saturated carbocycles. The summed E-state index contributed by atoms with van der Waals surface area (Å²) in [6.07, 6.45) is 6.58. The second kappa shape index (κ2) is 6.19. The van der Waals surface area contributed by atoms with E-state index in [0.717, 1.165) is 24.1 Å². The highest BCUT2D eigenvalue weighted by Crippen LogP contribution is 2.29. The topological polar surface area (TPSA) is 38.2 Å². The Morgan fingerprint density at radius 2 is 2.29 bits per heavy atom. The van der Waals surface area contributed by atoms with E-state index in [2.05, 4.69) is 30.8 Å². The van der Waals surface area contributed by atoms with Gasteiger partial charge in [0.15, 0.2) is 0 Å². The van der Waals surface area contributed by atoms with Crippen LogP contribution in [0, 0.1) is 0 Å². The molecule has 0 spiro atoms. The van der Waals surface area contributed by atoms with Gasteiger partial charge in [-0.1, -0.05) is 15.9 Å². The standard InChI is InChI=1S/C12H18BrN3O/c1-17-12-8-11(14-9-15-12)16(7-3-6-13)10-4-2-5-10/h8-10H,2-7H2,1H3. The van der Waals surface area contributed by atoms with Gasteiger partial charge in [0.25, 0.3) is 0 Å². The van der Waals surface area contributed by atoms with Crippen LogP contribution in [-0.4, -0.2) is 35.0 Å². The average molecular weight is 300 g/mol. The zero-order chi connectivity index (χ0) is 12.1. The van der Waals surface area contributed by atoms with Gasteiger partial charge >= 0.3 is 0 Å². The van der Waals surface area contributed by atoms with Gasteiger partial charge in [0.1, 0.15) is 12.1 Å². The van der Waals surface area contributed by atoms with E-state index in [0.29, 0.717) is 11.9 Å². The maximum atomic E-state index is 5.15. The fourth-order valence-corrected chi connectivity index (χ4v) is 2.26. The third kappa shape index (κ3) is 3.09. The lowest BCUT2D eigenvalue weighted by Gasteiger charge is -2.38. The van der Waals surface area contributed by atoms with E-state index in [1.807, 2.05) is 6.07 Å². The molecule has 1 heterocycles. The summed E-state index contributed by atoms with van der Waals surface area (Å²) < 4.78 is 5.15. The number of methoxy groups -OCH3 is 1. The number of rotatable bonds is 6. The summed E-state index contributed by atoms with van der Waals surface area (Å²) in [4.78, 5) is 10.8. The van der Waals surface area contributed by atoms with Crippen molar-refractivity contribution in [3.63, 3.8) is 0 Å². The Kier molecular flexibility index (Phi) is 4.59. The lowest BCUT2D eigenvalue weighted by molar-refractivity contribution is 0.379. The molecule has 1 fully saturated rings. The lowest BCUT2D eigenvalue weighted by atomic mass is 9.91. The fraction of sp³-hybridized carbons (Fsp3) is 0.667. The van der Waals surface area contributed by atoms with Crippen LogP contribution in [0.25, 0.3) is 0 Å². The number of aromatic nitrogens is 2. The minimum absolute atomic E-state index is 0.637. The molecule has 0 bridgehead atoms. The van der Waals surface area contributed by atoms with E-state index in [9.17, 15) is 0 Å². The van der Waals surface area contributed by atoms with Crippen molar-refractivity contribution >= 4 is 21.7 Å². The molecule has 0 radical (unpaired) electrons. The SMILES string of the molecule is COc1cc(N(CCCBr)C2CCC2)ncn1. The molecule has 1 aromatic rings. The number of ether oxygens (including phenoxy) is 1. The normalized spacial score (nSPS) is 15.4. The van der Waals surface area contributed by atoms with Crippen LogP contribution in [0.4, 0.5) is 5.82 Å². The quantitative estimate of drug-likeness (QED) is 0.757. The van der Waals surface area contributed by atoms with Crippen LogP contribution in [0.5, 0.6) is 5.88 Å². The van der Waals surface area contributed by atoms with Gasteiger partial charge in [-0.3, -0.25) is 0 Å². The molecule has 2 rings (SSSR count). The highest BCUT2D eigenvalue weighted by atomic mass is 79.9. The van der Waals surface area contributed by atoms with E-state index < -0.39 is 0 Å². The van der Waals surface area contributed by atoms with E-state index in [-0.39, 0.29) is 0 Å². The lowest BCUT2D eigenvalue weighted by Crippen LogP contribution is -2.41. The highest BCUT2D eigenvalue weighted by Gasteiger charge is 2.25. The van der Waals surface area contributed by atoms with Crippen LogP contribution in [0.15, 0.2) is 12.4 Å². The molecule has 1 aliphatic carbocycles. The van der Waals surface area contributed by atoms with Crippen LogP contribution < -0.4 is 9.64 Å². The van der Waals surface area contributed by atoms with Gasteiger partial charge in [-0.15, -0.1) is 0 Å². The Labute approximate surface area is 111 Å². The summed E-state index contributed by atoms with van der Waals surface area (Å²) in [5, 5.41) is 1.03. The van der Waals surface area contributed by atoms with E-state index in [4.69, 9.17) is 4.74 Å². The molecule has 17 heavy (non-hydrogen) atoms. The van der Waals surface area contributed by atoms with Gasteiger partial charge < -0.3 is 9.64 Å². The van der Waals surface area contributed by atoms with Crippen LogP contribution >= 0.6 is 15.9 Å². The number of halogens is 1. The number of alkyl halides is 1. The van der Waals surface area contributed by atoms with Gasteiger partial charge in [0, 0.05) is 24.0 Å². The zero-order valence-corrected chi connectivity index (χ0v) is 11.7. The van der Waals surface area contributed by atoms with Crippen LogP contribution in [0.3, 0.4) is 0 Å².